The maximum Gasteiger partial charge on any atom is 0.319 e. The van der Waals surface area contributed by atoms with Gasteiger partial charge in [0, 0.05) is 17.3 Å². The van der Waals surface area contributed by atoms with Crippen LogP contribution >= 0.6 is 0 Å². The molecule has 0 fully saturated rings. The lowest BCUT2D eigenvalue weighted by Gasteiger charge is -2.40. The maximum absolute atomic E-state index is 14.2. The first kappa shape index (κ1) is 27.4. The number of fused-ring (bicyclic) bond motifs is 1. The number of aliphatic hydroxyl groups is 2. The Balaban J connectivity index is 1.50. The summed E-state index contributed by atoms with van der Waals surface area (Å²) in [4.78, 5) is 22.3. The number of anilines is 1. The second-order valence-corrected chi connectivity index (χ2v) is 10.7. The number of nitrogens with one attached hydrogen (secondary N) is 2. The number of aliphatic hydroxyl groups excluding tert-OH is 2. The van der Waals surface area contributed by atoms with Crippen LogP contribution in [0.2, 0.25) is 0 Å². The predicted molar refractivity (Wildman–Crippen MR) is 148 cm³/mol. The Morgan fingerprint density at radius 1 is 1.02 bits per heavy atom. The quantitative estimate of drug-likeness (QED) is 0.254. The van der Waals surface area contributed by atoms with Gasteiger partial charge in [-0.2, -0.15) is 0 Å². The van der Waals surface area contributed by atoms with E-state index in [1.807, 2.05) is 51.1 Å². The highest BCUT2D eigenvalue weighted by atomic mass is 19.2. The maximum atomic E-state index is 14.2. The fourth-order valence-electron chi connectivity index (χ4n) is 5.37. The molecule has 4 aromatic rings. The van der Waals surface area contributed by atoms with Gasteiger partial charge in [0.15, 0.2) is 11.6 Å². The van der Waals surface area contributed by atoms with Crippen molar-refractivity contribution >= 4 is 11.7 Å². The fourth-order valence-corrected chi connectivity index (χ4v) is 5.37. The number of carbonyl (C=O) groups excluding carboxylic acids is 1. The van der Waals surface area contributed by atoms with E-state index in [4.69, 9.17) is 4.98 Å². The average Bonchev–Trinajstić information content (AvgIpc) is 2.92. The topological polar surface area (TPSA) is 107 Å². The van der Waals surface area contributed by atoms with Crippen LogP contribution < -0.4 is 10.6 Å². The Bertz CT molecular complexity index is 1580. The Morgan fingerprint density at radius 3 is 2.48 bits per heavy atom. The molecule has 0 radical (unpaired) electrons. The van der Waals surface area contributed by atoms with E-state index in [0.29, 0.717) is 33.9 Å². The second kappa shape index (κ2) is 10.7. The number of carbonyl (C=O) groups is 1. The molecule has 2 aromatic heterocycles. The molecule has 206 valence electrons. The molecular weight excluding hydrogens is 514 g/mol. The molecule has 0 bridgehead atoms. The molecule has 1 aliphatic rings. The first-order valence-electron chi connectivity index (χ1n) is 13.0. The van der Waals surface area contributed by atoms with E-state index < -0.39 is 35.2 Å². The van der Waals surface area contributed by atoms with Crippen molar-refractivity contribution in [2.24, 2.45) is 0 Å². The molecule has 2 atom stereocenters. The van der Waals surface area contributed by atoms with Gasteiger partial charge in [0.05, 0.1) is 41.5 Å². The summed E-state index contributed by atoms with van der Waals surface area (Å²) in [5.74, 6) is -2.01. The number of urea groups is 1. The van der Waals surface area contributed by atoms with Gasteiger partial charge in [-0.3, -0.25) is 4.98 Å². The second-order valence-electron chi connectivity index (χ2n) is 10.7. The van der Waals surface area contributed by atoms with Gasteiger partial charge in [-0.1, -0.05) is 44.2 Å². The number of aromatic nitrogens is 2. The summed E-state index contributed by atoms with van der Waals surface area (Å²) >= 11 is 0. The van der Waals surface area contributed by atoms with Crippen molar-refractivity contribution in [1.82, 2.24) is 15.3 Å². The van der Waals surface area contributed by atoms with E-state index in [0.717, 1.165) is 28.8 Å². The van der Waals surface area contributed by atoms with Crippen LogP contribution in [0.15, 0.2) is 66.9 Å². The standard InChI is InChI=1S/C31H30F2N4O3/c1-17-11-25(28(18-7-5-4-6-8-18)36-27(17)19-9-10-34-20(12-19)16-38)35-30(40)37-29-21-13-23(32)24(33)14-22(21)31(2,3)15-26(29)39/h4-14,26,29,38-39H,15-16H2,1-3H3,(H2,35,37,40)/t26-,29-/m1/s1. The monoisotopic (exact) mass is 544 g/mol. The van der Waals surface area contributed by atoms with E-state index in [-0.39, 0.29) is 13.0 Å². The predicted octanol–water partition coefficient (Wildman–Crippen LogP) is 5.79. The van der Waals surface area contributed by atoms with Gasteiger partial charge >= 0.3 is 6.03 Å². The molecule has 2 aromatic carbocycles. The van der Waals surface area contributed by atoms with Gasteiger partial charge in [-0.05, 0) is 65.8 Å². The SMILES string of the molecule is Cc1cc(NC(=O)N[C@@H]2c3cc(F)c(F)cc3C(C)(C)C[C@H]2O)c(-c2ccccc2)nc1-c1ccnc(CO)c1. The van der Waals surface area contributed by atoms with Gasteiger partial charge < -0.3 is 20.8 Å². The highest BCUT2D eigenvalue weighted by molar-refractivity contribution is 5.94. The Morgan fingerprint density at radius 2 is 1.75 bits per heavy atom. The third-order valence-electron chi connectivity index (χ3n) is 7.31. The number of hydrogen-bond acceptors (Lipinski definition) is 5. The number of nitrogens with zero attached hydrogens (tertiary/aromatic N) is 2. The minimum Gasteiger partial charge on any atom is -0.391 e. The van der Waals surface area contributed by atoms with Crippen molar-refractivity contribution in [1.29, 1.82) is 0 Å². The zero-order valence-corrected chi connectivity index (χ0v) is 22.4. The number of rotatable bonds is 5. The zero-order valence-electron chi connectivity index (χ0n) is 22.4. The molecule has 9 heteroatoms. The summed E-state index contributed by atoms with van der Waals surface area (Å²) in [5.41, 5.74) is 4.67. The molecule has 7 nitrogen and oxygen atoms in total. The molecule has 5 rings (SSSR count). The first-order chi connectivity index (χ1) is 19.1. The zero-order chi connectivity index (χ0) is 28.6. The Labute approximate surface area is 231 Å². The lowest BCUT2D eigenvalue weighted by Crippen LogP contribution is -2.45. The number of amides is 2. The van der Waals surface area contributed by atoms with Crippen LogP contribution in [0.3, 0.4) is 0 Å². The first-order valence-corrected chi connectivity index (χ1v) is 13.0. The van der Waals surface area contributed by atoms with Crippen molar-refractivity contribution in [2.75, 3.05) is 5.32 Å². The fraction of sp³-hybridized carbons (Fsp3) is 0.258. The average molecular weight is 545 g/mol. The number of benzene rings is 2. The molecule has 0 saturated carbocycles. The molecule has 0 saturated heterocycles. The highest BCUT2D eigenvalue weighted by Gasteiger charge is 2.40. The third-order valence-corrected chi connectivity index (χ3v) is 7.31. The van der Waals surface area contributed by atoms with Crippen LogP contribution in [0.25, 0.3) is 22.5 Å². The van der Waals surface area contributed by atoms with Crippen molar-refractivity contribution in [3.8, 4) is 22.5 Å². The molecule has 2 amide bonds. The van der Waals surface area contributed by atoms with Crippen molar-refractivity contribution in [3.05, 3.63) is 101 Å². The number of hydrogen-bond donors (Lipinski definition) is 4. The van der Waals surface area contributed by atoms with Crippen LogP contribution in [-0.4, -0.2) is 32.3 Å². The summed E-state index contributed by atoms with van der Waals surface area (Å²) in [5, 5.41) is 26.1. The Kier molecular flexibility index (Phi) is 7.35. The Hall–Kier alpha value is -4.21. The summed E-state index contributed by atoms with van der Waals surface area (Å²) in [6, 6.07) is 15.3. The van der Waals surface area contributed by atoms with Crippen LogP contribution in [-0.2, 0) is 12.0 Å². The van der Waals surface area contributed by atoms with Crippen LogP contribution in [0.4, 0.5) is 19.3 Å². The summed E-state index contributed by atoms with van der Waals surface area (Å²) < 4.78 is 28.3. The van der Waals surface area contributed by atoms with Gasteiger partial charge in [0.25, 0.3) is 0 Å². The number of pyridine rings is 2. The highest BCUT2D eigenvalue weighted by Crippen LogP contribution is 2.42. The van der Waals surface area contributed by atoms with Crippen LogP contribution in [0, 0.1) is 18.6 Å². The summed E-state index contributed by atoms with van der Waals surface area (Å²) in [7, 11) is 0. The van der Waals surface area contributed by atoms with E-state index >= 15 is 0 Å². The minimum absolute atomic E-state index is 0.206. The molecule has 40 heavy (non-hydrogen) atoms. The smallest absolute Gasteiger partial charge is 0.319 e. The molecule has 0 unspecified atom stereocenters. The van der Waals surface area contributed by atoms with E-state index in [2.05, 4.69) is 15.6 Å². The van der Waals surface area contributed by atoms with Gasteiger partial charge in [-0.15, -0.1) is 0 Å². The molecular formula is C31H30F2N4O3. The number of aryl methyl sites for hydroxylation is 1. The van der Waals surface area contributed by atoms with Gasteiger partial charge in [0.1, 0.15) is 0 Å². The van der Waals surface area contributed by atoms with Crippen molar-refractivity contribution in [3.63, 3.8) is 0 Å². The normalized spacial score (nSPS) is 17.7. The summed E-state index contributed by atoms with van der Waals surface area (Å²) in [6.45, 7) is 5.34. The molecule has 1 aliphatic carbocycles. The van der Waals surface area contributed by atoms with E-state index in [1.165, 1.54) is 0 Å². The van der Waals surface area contributed by atoms with Gasteiger partial charge in [0.2, 0.25) is 0 Å². The third kappa shape index (κ3) is 5.30. The summed E-state index contributed by atoms with van der Waals surface area (Å²) in [6.07, 6.45) is 0.844. The molecule has 0 spiro atoms. The molecule has 2 heterocycles. The van der Waals surface area contributed by atoms with E-state index in [1.54, 1.807) is 24.4 Å². The van der Waals surface area contributed by atoms with Crippen LogP contribution in [0.5, 0.6) is 0 Å². The number of halogens is 2. The lowest BCUT2D eigenvalue weighted by atomic mass is 9.69. The van der Waals surface area contributed by atoms with Crippen LogP contribution in [0.1, 0.15) is 48.7 Å². The van der Waals surface area contributed by atoms with E-state index in [9.17, 15) is 23.8 Å². The van der Waals surface area contributed by atoms with Gasteiger partial charge in [-0.25, -0.2) is 18.6 Å². The van der Waals surface area contributed by atoms with Crippen molar-refractivity contribution < 1.29 is 23.8 Å². The van der Waals surface area contributed by atoms with Crippen molar-refractivity contribution in [2.45, 2.75) is 51.4 Å². The largest absolute Gasteiger partial charge is 0.391 e. The molecule has 0 aliphatic heterocycles. The lowest BCUT2D eigenvalue weighted by molar-refractivity contribution is 0.0878. The minimum atomic E-state index is -1.04. The molecule has 4 N–H and O–H groups in total.